The van der Waals surface area contributed by atoms with E-state index < -0.39 is 6.09 Å². The molecule has 1 rings (SSSR count). The highest BCUT2D eigenvalue weighted by Gasteiger charge is 2.10. The highest BCUT2D eigenvalue weighted by molar-refractivity contribution is 5.67. The van der Waals surface area contributed by atoms with Crippen LogP contribution in [0.15, 0.2) is 30.3 Å². The Morgan fingerprint density at radius 2 is 2.11 bits per heavy atom. The second-order valence-electron chi connectivity index (χ2n) is 4.12. The molecule has 0 bridgehead atoms. The van der Waals surface area contributed by atoms with E-state index >= 15 is 0 Å². The van der Waals surface area contributed by atoms with E-state index in [9.17, 15) is 4.79 Å². The fourth-order valence-electron chi connectivity index (χ4n) is 1.43. The number of aliphatic hydroxyl groups is 1. The molecule has 1 aromatic rings. The minimum Gasteiger partial charge on any atom is -0.445 e. The number of alkyl carbamates (subject to hydrolysis) is 1. The molecule has 5 nitrogen and oxygen atoms in total. The van der Waals surface area contributed by atoms with Crippen molar-refractivity contribution in [3.63, 3.8) is 0 Å². The SMILES string of the molecule is CCCO[C@H](CO)CNC(=O)OCc1ccccc1. The summed E-state index contributed by atoms with van der Waals surface area (Å²) >= 11 is 0. The van der Waals surface area contributed by atoms with E-state index in [1.807, 2.05) is 37.3 Å². The minimum absolute atomic E-state index is 0.126. The Balaban J connectivity index is 2.20. The zero-order valence-electron chi connectivity index (χ0n) is 11.2. The lowest BCUT2D eigenvalue weighted by Gasteiger charge is -2.15. The number of nitrogens with one attached hydrogen (secondary N) is 1. The fraction of sp³-hybridized carbons (Fsp3) is 0.500. The van der Waals surface area contributed by atoms with Gasteiger partial charge in [0.2, 0.25) is 0 Å². The lowest BCUT2D eigenvalue weighted by molar-refractivity contribution is 0.0135. The highest BCUT2D eigenvalue weighted by Crippen LogP contribution is 2.00. The molecule has 2 N–H and O–H groups in total. The van der Waals surface area contributed by atoms with Crippen LogP contribution in [0.2, 0.25) is 0 Å². The summed E-state index contributed by atoms with van der Waals surface area (Å²) in [5.74, 6) is 0. The Morgan fingerprint density at radius 3 is 2.74 bits per heavy atom. The molecule has 1 amide bonds. The van der Waals surface area contributed by atoms with Crippen LogP contribution in [-0.4, -0.2) is 37.1 Å². The second kappa shape index (κ2) is 9.35. The monoisotopic (exact) mass is 267 g/mol. The van der Waals surface area contributed by atoms with Crippen molar-refractivity contribution in [3.8, 4) is 0 Å². The summed E-state index contributed by atoms with van der Waals surface area (Å²) in [7, 11) is 0. The molecular weight excluding hydrogens is 246 g/mol. The Kier molecular flexibility index (Phi) is 7.62. The second-order valence-corrected chi connectivity index (χ2v) is 4.12. The first-order valence-electron chi connectivity index (χ1n) is 6.43. The van der Waals surface area contributed by atoms with Gasteiger partial charge in [0.15, 0.2) is 0 Å². The third kappa shape index (κ3) is 6.79. The van der Waals surface area contributed by atoms with Crippen LogP contribution in [0.1, 0.15) is 18.9 Å². The van der Waals surface area contributed by atoms with E-state index in [0.717, 1.165) is 12.0 Å². The van der Waals surface area contributed by atoms with Gasteiger partial charge < -0.3 is 19.9 Å². The van der Waals surface area contributed by atoms with Crippen molar-refractivity contribution in [2.45, 2.75) is 26.1 Å². The quantitative estimate of drug-likeness (QED) is 0.752. The summed E-state index contributed by atoms with van der Waals surface area (Å²) in [4.78, 5) is 11.4. The molecule has 19 heavy (non-hydrogen) atoms. The molecule has 0 aliphatic heterocycles. The molecule has 0 aliphatic carbocycles. The molecule has 0 heterocycles. The lowest BCUT2D eigenvalue weighted by Crippen LogP contribution is -2.36. The van der Waals surface area contributed by atoms with Gasteiger partial charge in [0.1, 0.15) is 6.61 Å². The lowest BCUT2D eigenvalue weighted by atomic mass is 10.2. The molecule has 0 aliphatic rings. The summed E-state index contributed by atoms with van der Waals surface area (Å²) in [6.07, 6.45) is -0.0266. The van der Waals surface area contributed by atoms with E-state index in [-0.39, 0.29) is 25.9 Å². The maximum Gasteiger partial charge on any atom is 0.407 e. The third-order valence-electron chi connectivity index (χ3n) is 2.45. The first-order chi connectivity index (χ1) is 9.26. The normalized spacial score (nSPS) is 11.9. The van der Waals surface area contributed by atoms with Crippen molar-refractivity contribution in [2.75, 3.05) is 19.8 Å². The van der Waals surface area contributed by atoms with Crippen molar-refractivity contribution in [3.05, 3.63) is 35.9 Å². The Hall–Kier alpha value is -1.59. The predicted molar refractivity (Wildman–Crippen MR) is 71.7 cm³/mol. The molecule has 106 valence electrons. The highest BCUT2D eigenvalue weighted by atomic mass is 16.5. The Morgan fingerprint density at radius 1 is 1.37 bits per heavy atom. The number of amides is 1. The van der Waals surface area contributed by atoms with Gasteiger partial charge in [0, 0.05) is 13.2 Å². The van der Waals surface area contributed by atoms with E-state index in [4.69, 9.17) is 14.6 Å². The number of aliphatic hydroxyl groups excluding tert-OH is 1. The predicted octanol–water partition coefficient (Wildman–Crippen LogP) is 1.70. The molecule has 1 atom stereocenters. The van der Waals surface area contributed by atoms with Gasteiger partial charge in [0.25, 0.3) is 0 Å². The molecule has 0 spiro atoms. The van der Waals surface area contributed by atoms with Crippen LogP contribution in [0.25, 0.3) is 0 Å². The molecular formula is C14H21NO4. The first kappa shape index (κ1) is 15.5. The molecule has 0 unspecified atom stereocenters. The van der Waals surface area contributed by atoms with Crippen molar-refractivity contribution < 1.29 is 19.4 Å². The summed E-state index contributed by atoms with van der Waals surface area (Å²) in [6.45, 7) is 2.89. The Bertz CT molecular complexity index is 356. The smallest absolute Gasteiger partial charge is 0.407 e. The van der Waals surface area contributed by atoms with E-state index in [1.165, 1.54) is 0 Å². The van der Waals surface area contributed by atoms with Crippen molar-refractivity contribution in [1.82, 2.24) is 5.32 Å². The molecule has 1 aromatic carbocycles. The van der Waals surface area contributed by atoms with Gasteiger partial charge in [-0.05, 0) is 12.0 Å². The van der Waals surface area contributed by atoms with Gasteiger partial charge in [-0.2, -0.15) is 0 Å². The standard InChI is InChI=1S/C14H21NO4/c1-2-8-18-13(10-16)9-15-14(17)19-11-12-6-4-3-5-7-12/h3-7,13,16H,2,8-11H2,1H3,(H,15,17)/t13-/m0/s1. The van der Waals surface area contributed by atoms with E-state index in [2.05, 4.69) is 5.32 Å². The number of rotatable bonds is 8. The molecule has 0 saturated heterocycles. The van der Waals surface area contributed by atoms with Crippen LogP contribution in [0.3, 0.4) is 0 Å². The molecule has 0 saturated carbocycles. The van der Waals surface area contributed by atoms with Gasteiger partial charge in [-0.1, -0.05) is 37.3 Å². The number of ether oxygens (including phenoxy) is 2. The van der Waals surface area contributed by atoms with Gasteiger partial charge in [-0.15, -0.1) is 0 Å². The van der Waals surface area contributed by atoms with Gasteiger partial charge in [0.05, 0.1) is 12.7 Å². The number of carbonyl (C=O) groups excluding carboxylic acids is 1. The average Bonchev–Trinajstić information content (AvgIpc) is 2.46. The molecule has 0 radical (unpaired) electrons. The summed E-state index contributed by atoms with van der Waals surface area (Å²) in [5, 5.41) is 11.6. The summed E-state index contributed by atoms with van der Waals surface area (Å²) in [6, 6.07) is 9.44. The number of hydrogen-bond acceptors (Lipinski definition) is 4. The number of benzene rings is 1. The largest absolute Gasteiger partial charge is 0.445 e. The third-order valence-corrected chi connectivity index (χ3v) is 2.45. The van der Waals surface area contributed by atoms with Crippen LogP contribution in [0.4, 0.5) is 4.79 Å². The van der Waals surface area contributed by atoms with Crippen molar-refractivity contribution in [2.24, 2.45) is 0 Å². The average molecular weight is 267 g/mol. The minimum atomic E-state index is -0.512. The summed E-state index contributed by atoms with van der Waals surface area (Å²) < 4.78 is 10.4. The van der Waals surface area contributed by atoms with Crippen LogP contribution in [-0.2, 0) is 16.1 Å². The zero-order chi connectivity index (χ0) is 13.9. The van der Waals surface area contributed by atoms with Crippen molar-refractivity contribution >= 4 is 6.09 Å². The van der Waals surface area contributed by atoms with Crippen LogP contribution < -0.4 is 5.32 Å². The maximum absolute atomic E-state index is 11.4. The van der Waals surface area contributed by atoms with Crippen LogP contribution in [0.5, 0.6) is 0 Å². The molecule has 0 aromatic heterocycles. The molecule has 0 fully saturated rings. The topological polar surface area (TPSA) is 67.8 Å². The van der Waals surface area contributed by atoms with Crippen LogP contribution in [0, 0.1) is 0 Å². The van der Waals surface area contributed by atoms with Gasteiger partial charge in [-0.3, -0.25) is 0 Å². The van der Waals surface area contributed by atoms with E-state index in [0.29, 0.717) is 6.61 Å². The zero-order valence-corrected chi connectivity index (χ0v) is 11.2. The van der Waals surface area contributed by atoms with Gasteiger partial charge >= 0.3 is 6.09 Å². The molecule has 5 heteroatoms. The first-order valence-corrected chi connectivity index (χ1v) is 6.43. The Labute approximate surface area is 113 Å². The fourth-order valence-corrected chi connectivity index (χ4v) is 1.43. The van der Waals surface area contributed by atoms with Gasteiger partial charge in [-0.25, -0.2) is 4.79 Å². The van der Waals surface area contributed by atoms with E-state index in [1.54, 1.807) is 0 Å². The number of carbonyl (C=O) groups is 1. The summed E-state index contributed by atoms with van der Waals surface area (Å²) in [5.41, 5.74) is 0.929. The maximum atomic E-state index is 11.4. The van der Waals surface area contributed by atoms with Crippen molar-refractivity contribution in [1.29, 1.82) is 0 Å². The van der Waals surface area contributed by atoms with Crippen LogP contribution >= 0.6 is 0 Å². The number of hydrogen-bond donors (Lipinski definition) is 2.